The Hall–Kier alpha value is -2.61. The molecule has 1 aliphatic heterocycles. The van der Waals surface area contributed by atoms with Crippen molar-refractivity contribution in [2.75, 3.05) is 32.9 Å². The monoisotopic (exact) mass is 306 g/mol. The number of nitrogens with two attached hydrogens (primary N) is 1. The minimum atomic E-state index is -0.724. The van der Waals surface area contributed by atoms with Gasteiger partial charge in [0.2, 0.25) is 0 Å². The van der Waals surface area contributed by atoms with Gasteiger partial charge in [0.05, 0.1) is 19.4 Å². The Morgan fingerprint density at radius 2 is 2.00 bits per heavy atom. The molecule has 0 spiro atoms. The largest absolute Gasteiger partial charge is 0.484 e. The average Bonchev–Trinajstić information content (AvgIpc) is 2.54. The van der Waals surface area contributed by atoms with Crippen molar-refractivity contribution < 1.29 is 19.1 Å². The van der Waals surface area contributed by atoms with E-state index in [0.29, 0.717) is 32.1 Å². The smallest absolute Gasteiger partial charge is 0.332 e. The SMILES string of the molecule is NC(=O)N/N=C/c1ccc(OCC(=O)N2CCOCC2)cc1. The number of benzene rings is 1. The van der Waals surface area contributed by atoms with Crippen molar-refractivity contribution in [3.63, 3.8) is 0 Å². The van der Waals surface area contributed by atoms with Gasteiger partial charge in [-0.15, -0.1) is 0 Å². The van der Waals surface area contributed by atoms with E-state index in [2.05, 4.69) is 10.5 Å². The van der Waals surface area contributed by atoms with Crippen LogP contribution in [0.2, 0.25) is 0 Å². The standard InChI is InChI=1S/C14H18N4O4/c15-14(20)17-16-9-11-1-3-12(4-2-11)22-10-13(19)18-5-7-21-8-6-18/h1-4,9H,5-8,10H2,(H3,15,17,20)/b16-9+. The van der Waals surface area contributed by atoms with Crippen molar-refractivity contribution in [2.24, 2.45) is 10.8 Å². The normalized spacial score (nSPS) is 14.8. The van der Waals surface area contributed by atoms with Crippen LogP contribution in [0.1, 0.15) is 5.56 Å². The lowest BCUT2D eigenvalue weighted by Crippen LogP contribution is -2.42. The number of urea groups is 1. The summed E-state index contributed by atoms with van der Waals surface area (Å²) < 4.78 is 10.6. The molecule has 8 heteroatoms. The van der Waals surface area contributed by atoms with Crippen molar-refractivity contribution in [3.05, 3.63) is 29.8 Å². The van der Waals surface area contributed by atoms with E-state index >= 15 is 0 Å². The molecule has 0 aromatic heterocycles. The molecule has 1 heterocycles. The zero-order valence-corrected chi connectivity index (χ0v) is 12.0. The lowest BCUT2D eigenvalue weighted by Gasteiger charge is -2.26. The van der Waals surface area contributed by atoms with Gasteiger partial charge in [0, 0.05) is 13.1 Å². The van der Waals surface area contributed by atoms with E-state index < -0.39 is 6.03 Å². The molecule has 1 fully saturated rings. The molecule has 3 N–H and O–H groups in total. The number of hydrogen-bond donors (Lipinski definition) is 2. The van der Waals surface area contributed by atoms with E-state index in [1.807, 2.05) is 0 Å². The fraction of sp³-hybridized carbons (Fsp3) is 0.357. The molecule has 8 nitrogen and oxygen atoms in total. The Balaban J connectivity index is 1.79. The molecular weight excluding hydrogens is 288 g/mol. The topological polar surface area (TPSA) is 106 Å². The summed E-state index contributed by atoms with van der Waals surface area (Å²) in [4.78, 5) is 24.1. The summed E-state index contributed by atoms with van der Waals surface area (Å²) >= 11 is 0. The van der Waals surface area contributed by atoms with Gasteiger partial charge in [-0.1, -0.05) is 0 Å². The van der Waals surface area contributed by atoms with E-state index in [9.17, 15) is 9.59 Å². The summed E-state index contributed by atoms with van der Waals surface area (Å²) in [6, 6.07) is 6.22. The number of carbonyl (C=O) groups excluding carboxylic acids is 2. The Morgan fingerprint density at radius 1 is 1.32 bits per heavy atom. The predicted octanol–water partition coefficient (Wildman–Crippen LogP) is -0.0736. The molecule has 2 rings (SSSR count). The molecule has 3 amide bonds. The first kappa shape index (κ1) is 15.8. The quantitative estimate of drug-likeness (QED) is 0.586. The number of nitrogens with zero attached hydrogens (tertiary/aromatic N) is 2. The number of nitrogens with one attached hydrogen (secondary N) is 1. The number of morpholine rings is 1. The van der Waals surface area contributed by atoms with Crippen LogP contribution in [0.25, 0.3) is 0 Å². The number of ether oxygens (including phenoxy) is 2. The van der Waals surface area contributed by atoms with Gasteiger partial charge >= 0.3 is 6.03 Å². The molecule has 1 aromatic carbocycles. The zero-order chi connectivity index (χ0) is 15.8. The number of hydrazone groups is 1. The van der Waals surface area contributed by atoms with Gasteiger partial charge < -0.3 is 20.1 Å². The summed E-state index contributed by atoms with van der Waals surface area (Å²) in [5, 5.41) is 3.64. The van der Waals surface area contributed by atoms with Gasteiger partial charge in [-0.05, 0) is 29.8 Å². The molecule has 0 saturated carbocycles. The molecule has 118 valence electrons. The second-order valence-corrected chi connectivity index (χ2v) is 4.59. The maximum atomic E-state index is 11.9. The van der Waals surface area contributed by atoms with Gasteiger partial charge in [-0.2, -0.15) is 5.10 Å². The second kappa shape index (κ2) is 7.99. The Labute approximate surface area is 127 Å². The van der Waals surface area contributed by atoms with Gasteiger partial charge in [0.1, 0.15) is 5.75 Å². The number of rotatable bonds is 5. The van der Waals surface area contributed by atoms with E-state index in [-0.39, 0.29) is 12.5 Å². The van der Waals surface area contributed by atoms with Gasteiger partial charge in [0.15, 0.2) is 6.61 Å². The van der Waals surface area contributed by atoms with Crippen LogP contribution in [0.15, 0.2) is 29.4 Å². The number of primary amides is 1. The number of hydrogen-bond acceptors (Lipinski definition) is 5. The summed E-state index contributed by atoms with van der Waals surface area (Å²) in [7, 11) is 0. The van der Waals surface area contributed by atoms with E-state index in [4.69, 9.17) is 15.2 Å². The molecule has 0 radical (unpaired) electrons. The summed E-state index contributed by atoms with van der Waals surface area (Å²) in [5.74, 6) is 0.529. The van der Waals surface area contributed by atoms with Crippen LogP contribution < -0.4 is 15.9 Å². The van der Waals surface area contributed by atoms with Crippen molar-refractivity contribution in [2.45, 2.75) is 0 Å². The average molecular weight is 306 g/mol. The van der Waals surface area contributed by atoms with Crippen LogP contribution in [0.3, 0.4) is 0 Å². The molecule has 0 bridgehead atoms. The van der Waals surface area contributed by atoms with Gasteiger partial charge in [0.25, 0.3) is 5.91 Å². The van der Waals surface area contributed by atoms with Gasteiger partial charge in [-0.25, -0.2) is 10.2 Å². The van der Waals surface area contributed by atoms with E-state index in [1.54, 1.807) is 29.2 Å². The van der Waals surface area contributed by atoms with Crippen LogP contribution >= 0.6 is 0 Å². The van der Waals surface area contributed by atoms with Crippen molar-refractivity contribution in [1.29, 1.82) is 0 Å². The first-order valence-corrected chi connectivity index (χ1v) is 6.82. The maximum absolute atomic E-state index is 11.9. The van der Waals surface area contributed by atoms with Crippen molar-refractivity contribution in [3.8, 4) is 5.75 Å². The van der Waals surface area contributed by atoms with Crippen LogP contribution in [0, 0.1) is 0 Å². The van der Waals surface area contributed by atoms with Gasteiger partial charge in [-0.3, -0.25) is 4.79 Å². The summed E-state index contributed by atoms with van der Waals surface area (Å²) in [5.41, 5.74) is 7.75. The molecule has 1 aromatic rings. The first-order chi connectivity index (χ1) is 10.6. The highest BCUT2D eigenvalue weighted by Crippen LogP contribution is 2.11. The van der Waals surface area contributed by atoms with Crippen LogP contribution in [0.4, 0.5) is 4.79 Å². The summed E-state index contributed by atoms with van der Waals surface area (Å²) in [6.45, 7) is 2.34. The third kappa shape index (κ3) is 5.06. The van der Waals surface area contributed by atoms with E-state index in [1.165, 1.54) is 6.21 Å². The number of carbonyl (C=O) groups is 2. The molecule has 1 aliphatic rings. The Kier molecular flexibility index (Phi) is 5.73. The minimum absolute atomic E-state index is 0.00331. The highest BCUT2D eigenvalue weighted by atomic mass is 16.5. The van der Waals surface area contributed by atoms with Crippen molar-refractivity contribution in [1.82, 2.24) is 10.3 Å². The van der Waals surface area contributed by atoms with Crippen LogP contribution in [-0.4, -0.2) is 56.0 Å². The second-order valence-electron chi connectivity index (χ2n) is 4.59. The lowest BCUT2D eigenvalue weighted by molar-refractivity contribution is -0.137. The third-order valence-corrected chi connectivity index (χ3v) is 2.99. The third-order valence-electron chi connectivity index (χ3n) is 2.99. The predicted molar refractivity (Wildman–Crippen MR) is 79.6 cm³/mol. The zero-order valence-electron chi connectivity index (χ0n) is 12.0. The Bertz CT molecular complexity index is 538. The fourth-order valence-electron chi connectivity index (χ4n) is 1.87. The molecule has 22 heavy (non-hydrogen) atoms. The molecular formula is C14H18N4O4. The Morgan fingerprint density at radius 3 is 2.64 bits per heavy atom. The van der Waals surface area contributed by atoms with E-state index in [0.717, 1.165) is 5.56 Å². The fourth-order valence-corrected chi connectivity index (χ4v) is 1.87. The molecule has 0 atom stereocenters. The molecule has 0 aliphatic carbocycles. The molecule has 1 saturated heterocycles. The summed E-state index contributed by atoms with van der Waals surface area (Å²) in [6.07, 6.45) is 1.45. The lowest BCUT2D eigenvalue weighted by atomic mass is 10.2. The number of amides is 3. The van der Waals surface area contributed by atoms with Crippen LogP contribution in [0.5, 0.6) is 5.75 Å². The first-order valence-electron chi connectivity index (χ1n) is 6.82. The van der Waals surface area contributed by atoms with Crippen LogP contribution in [-0.2, 0) is 9.53 Å². The van der Waals surface area contributed by atoms with Crippen molar-refractivity contribution >= 4 is 18.2 Å². The highest BCUT2D eigenvalue weighted by molar-refractivity contribution is 5.81. The highest BCUT2D eigenvalue weighted by Gasteiger charge is 2.16. The molecule has 0 unspecified atom stereocenters. The maximum Gasteiger partial charge on any atom is 0.332 e. The minimum Gasteiger partial charge on any atom is -0.484 e.